The molecule has 0 aromatic carbocycles. The van der Waals surface area contributed by atoms with Gasteiger partial charge in [0.1, 0.15) is 0 Å². The third kappa shape index (κ3) is 12.9. The van der Waals surface area contributed by atoms with Gasteiger partial charge in [-0.25, -0.2) is 0 Å². The summed E-state index contributed by atoms with van der Waals surface area (Å²) in [5, 5.41) is 0. The molecule has 0 N–H and O–H groups in total. The van der Waals surface area contributed by atoms with Crippen LogP contribution in [0, 0.1) is 41.4 Å². The van der Waals surface area contributed by atoms with E-state index in [1.54, 1.807) is 0 Å². The van der Waals surface area contributed by atoms with Gasteiger partial charge in [0.05, 0.1) is 6.10 Å². The fourth-order valence-corrected chi connectivity index (χ4v) is 4.82. The standard InChI is InChI=1S/C30H56O/c1-9-10-11-29-18-20-30(21-19-29)31-22-24(4)13-15-26(6)28(8)17-16-27(7)25(5)14-12-23(2)3/h9,12,14,23-30H,1,10-11,13,15-22H2,2-8H3/b14-12-. The predicted molar refractivity (Wildman–Crippen MR) is 139 cm³/mol. The first kappa shape index (κ1) is 28.5. The molecule has 0 spiro atoms. The van der Waals surface area contributed by atoms with E-state index >= 15 is 0 Å². The molecule has 1 aliphatic rings. The van der Waals surface area contributed by atoms with E-state index < -0.39 is 0 Å². The lowest BCUT2D eigenvalue weighted by atomic mass is 9.82. The quantitative estimate of drug-likeness (QED) is 0.221. The number of hydrogen-bond acceptors (Lipinski definition) is 1. The average molecular weight is 433 g/mol. The van der Waals surface area contributed by atoms with E-state index in [4.69, 9.17) is 4.74 Å². The molecule has 1 aliphatic carbocycles. The fourth-order valence-electron chi connectivity index (χ4n) is 4.82. The van der Waals surface area contributed by atoms with Crippen LogP contribution in [0.4, 0.5) is 0 Å². The Labute approximate surface area is 196 Å². The molecule has 0 heterocycles. The third-order valence-electron chi connectivity index (χ3n) is 8.05. The molecule has 0 aromatic heterocycles. The summed E-state index contributed by atoms with van der Waals surface area (Å²) in [6, 6.07) is 0. The maximum Gasteiger partial charge on any atom is 0.0575 e. The molecule has 1 nitrogen and oxygen atoms in total. The predicted octanol–water partition coefficient (Wildman–Crippen LogP) is 9.48. The topological polar surface area (TPSA) is 9.23 Å². The summed E-state index contributed by atoms with van der Waals surface area (Å²) in [5.74, 6) is 5.38. The average Bonchev–Trinajstić information content (AvgIpc) is 2.76. The van der Waals surface area contributed by atoms with Gasteiger partial charge in [-0.1, -0.05) is 79.5 Å². The maximum absolute atomic E-state index is 6.31. The second-order valence-electron chi connectivity index (χ2n) is 11.5. The van der Waals surface area contributed by atoms with E-state index in [9.17, 15) is 0 Å². The monoisotopic (exact) mass is 432 g/mol. The number of hydrogen-bond donors (Lipinski definition) is 0. The van der Waals surface area contributed by atoms with Crippen molar-refractivity contribution in [2.45, 2.75) is 119 Å². The smallest absolute Gasteiger partial charge is 0.0575 e. The molecular weight excluding hydrogens is 376 g/mol. The van der Waals surface area contributed by atoms with E-state index in [1.807, 2.05) is 0 Å². The summed E-state index contributed by atoms with van der Waals surface area (Å²) >= 11 is 0. The van der Waals surface area contributed by atoms with E-state index in [0.717, 1.165) is 30.3 Å². The minimum Gasteiger partial charge on any atom is -0.378 e. The minimum absolute atomic E-state index is 0.520. The Morgan fingerprint density at radius 3 is 1.94 bits per heavy atom. The van der Waals surface area contributed by atoms with Gasteiger partial charge in [-0.2, -0.15) is 0 Å². The molecule has 5 atom stereocenters. The van der Waals surface area contributed by atoms with Gasteiger partial charge < -0.3 is 4.74 Å². The largest absolute Gasteiger partial charge is 0.378 e. The van der Waals surface area contributed by atoms with Crippen molar-refractivity contribution in [2.75, 3.05) is 6.61 Å². The highest BCUT2D eigenvalue weighted by molar-refractivity contribution is 4.90. The Balaban J connectivity index is 2.17. The summed E-state index contributed by atoms with van der Waals surface area (Å²) in [6.45, 7) is 21.5. The molecule has 1 saturated carbocycles. The second kappa shape index (κ2) is 16.1. The molecule has 0 saturated heterocycles. The number of allylic oxidation sites excluding steroid dienone is 3. The van der Waals surface area contributed by atoms with Crippen molar-refractivity contribution in [3.8, 4) is 0 Å². The van der Waals surface area contributed by atoms with Crippen molar-refractivity contribution in [1.82, 2.24) is 0 Å². The van der Waals surface area contributed by atoms with E-state index in [1.165, 1.54) is 64.2 Å². The van der Waals surface area contributed by atoms with E-state index in [2.05, 4.69) is 73.3 Å². The van der Waals surface area contributed by atoms with Crippen LogP contribution < -0.4 is 0 Å². The molecular formula is C30H56O. The molecule has 5 unspecified atom stereocenters. The Kier molecular flexibility index (Phi) is 14.8. The highest BCUT2D eigenvalue weighted by Crippen LogP contribution is 2.31. The lowest BCUT2D eigenvalue weighted by molar-refractivity contribution is -0.000928. The summed E-state index contributed by atoms with van der Waals surface area (Å²) in [4.78, 5) is 0. The minimum atomic E-state index is 0.520. The van der Waals surface area contributed by atoms with Crippen molar-refractivity contribution in [2.24, 2.45) is 41.4 Å². The highest BCUT2D eigenvalue weighted by atomic mass is 16.5. The number of ether oxygens (including phenoxy) is 1. The van der Waals surface area contributed by atoms with Crippen molar-refractivity contribution in [3.63, 3.8) is 0 Å². The first-order valence-electron chi connectivity index (χ1n) is 13.6. The van der Waals surface area contributed by atoms with Gasteiger partial charge in [0.2, 0.25) is 0 Å². The normalized spacial score (nSPS) is 24.8. The lowest BCUT2D eigenvalue weighted by Crippen LogP contribution is -2.24. The molecule has 0 aromatic rings. The molecule has 182 valence electrons. The third-order valence-corrected chi connectivity index (χ3v) is 8.05. The molecule has 31 heavy (non-hydrogen) atoms. The Hall–Kier alpha value is -0.560. The van der Waals surface area contributed by atoms with Gasteiger partial charge in [-0.05, 0) is 92.8 Å². The number of rotatable bonds is 16. The van der Waals surface area contributed by atoms with Gasteiger partial charge in [-0.3, -0.25) is 0 Å². The Morgan fingerprint density at radius 1 is 0.774 bits per heavy atom. The van der Waals surface area contributed by atoms with Gasteiger partial charge in [0.15, 0.2) is 0 Å². The molecule has 0 aliphatic heterocycles. The fraction of sp³-hybridized carbons (Fsp3) is 0.867. The summed E-state index contributed by atoms with van der Waals surface area (Å²) in [7, 11) is 0. The first-order valence-corrected chi connectivity index (χ1v) is 13.6. The van der Waals surface area contributed by atoms with Crippen LogP contribution >= 0.6 is 0 Å². The summed E-state index contributed by atoms with van der Waals surface area (Å²) in [5.41, 5.74) is 0. The van der Waals surface area contributed by atoms with Crippen molar-refractivity contribution in [1.29, 1.82) is 0 Å². The summed E-state index contributed by atoms with van der Waals surface area (Å²) in [6.07, 6.45) is 20.5. The van der Waals surface area contributed by atoms with Crippen LogP contribution in [-0.2, 0) is 4.74 Å². The molecule has 0 bridgehead atoms. The lowest BCUT2D eigenvalue weighted by Gasteiger charge is -2.29. The Bertz CT molecular complexity index is 471. The molecule has 1 heteroatoms. The van der Waals surface area contributed by atoms with Crippen LogP contribution in [0.2, 0.25) is 0 Å². The van der Waals surface area contributed by atoms with Crippen LogP contribution in [0.15, 0.2) is 24.8 Å². The molecule has 0 amide bonds. The van der Waals surface area contributed by atoms with Crippen molar-refractivity contribution in [3.05, 3.63) is 24.8 Å². The van der Waals surface area contributed by atoms with Crippen LogP contribution in [0.3, 0.4) is 0 Å². The maximum atomic E-state index is 6.31. The van der Waals surface area contributed by atoms with Gasteiger partial charge in [0, 0.05) is 6.61 Å². The van der Waals surface area contributed by atoms with Gasteiger partial charge in [0.25, 0.3) is 0 Å². The first-order chi connectivity index (χ1) is 14.7. The zero-order valence-electron chi connectivity index (χ0n) is 22.2. The van der Waals surface area contributed by atoms with Gasteiger partial charge >= 0.3 is 0 Å². The van der Waals surface area contributed by atoms with E-state index in [-0.39, 0.29) is 0 Å². The second-order valence-corrected chi connectivity index (χ2v) is 11.5. The van der Waals surface area contributed by atoms with Crippen molar-refractivity contribution >= 4 is 0 Å². The zero-order valence-corrected chi connectivity index (χ0v) is 22.2. The van der Waals surface area contributed by atoms with E-state index in [0.29, 0.717) is 23.9 Å². The Morgan fingerprint density at radius 2 is 1.35 bits per heavy atom. The molecule has 1 fully saturated rings. The van der Waals surface area contributed by atoms with Crippen LogP contribution in [-0.4, -0.2) is 12.7 Å². The highest BCUT2D eigenvalue weighted by Gasteiger charge is 2.22. The molecule has 1 rings (SSSR count). The van der Waals surface area contributed by atoms with Crippen LogP contribution in [0.5, 0.6) is 0 Å². The van der Waals surface area contributed by atoms with Crippen LogP contribution in [0.1, 0.15) is 113 Å². The zero-order chi connectivity index (χ0) is 23.2. The summed E-state index contributed by atoms with van der Waals surface area (Å²) < 4.78 is 6.31. The van der Waals surface area contributed by atoms with Crippen molar-refractivity contribution < 1.29 is 4.74 Å². The molecule has 0 radical (unpaired) electrons. The van der Waals surface area contributed by atoms with Crippen LogP contribution in [0.25, 0.3) is 0 Å². The SMILES string of the molecule is C=CCCC1CCC(OCC(C)CCC(C)C(C)CCC(C)C(C)/C=C\C(C)C)CC1. The van der Waals surface area contributed by atoms with Gasteiger partial charge in [-0.15, -0.1) is 6.58 Å².